The van der Waals surface area contributed by atoms with E-state index in [1.54, 1.807) is 0 Å². The van der Waals surface area contributed by atoms with Gasteiger partial charge < -0.3 is 63.3 Å². The van der Waals surface area contributed by atoms with E-state index in [1.165, 1.54) is 0 Å². The number of aliphatic hydroxyl groups is 3. The summed E-state index contributed by atoms with van der Waals surface area (Å²) < 4.78 is 10.7. The molecule has 3 aliphatic rings. The summed E-state index contributed by atoms with van der Waals surface area (Å²) in [5, 5.41) is 41.7. The molecular weight excluding hydrogens is 468 g/mol. The van der Waals surface area contributed by atoms with Crippen LogP contribution in [-0.4, -0.2) is 114 Å². The van der Waals surface area contributed by atoms with Gasteiger partial charge in [-0.15, -0.1) is 0 Å². The van der Waals surface area contributed by atoms with Gasteiger partial charge in [0.25, 0.3) is 0 Å². The van der Waals surface area contributed by atoms with Crippen molar-refractivity contribution in [2.75, 3.05) is 19.7 Å². The molecule has 0 bridgehead atoms. The lowest BCUT2D eigenvalue weighted by Crippen LogP contribution is -2.70. The van der Waals surface area contributed by atoms with Gasteiger partial charge in [0.15, 0.2) is 24.3 Å². The first-order valence-electron chi connectivity index (χ1n) is 11.4. The molecule has 3 amide bonds. The van der Waals surface area contributed by atoms with Crippen molar-refractivity contribution in [3.63, 3.8) is 0 Å². The predicted molar refractivity (Wildman–Crippen MR) is 119 cm³/mol. The lowest BCUT2D eigenvalue weighted by atomic mass is 9.95. The van der Waals surface area contributed by atoms with E-state index in [4.69, 9.17) is 26.7 Å². The lowest BCUT2D eigenvalue weighted by Gasteiger charge is -2.44. The van der Waals surface area contributed by atoms with E-state index in [-0.39, 0.29) is 24.8 Å². The largest absolute Gasteiger partial charge is 0.441 e. The third-order valence-electron chi connectivity index (χ3n) is 6.06. The highest BCUT2D eigenvalue weighted by molar-refractivity contribution is 5.92. The van der Waals surface area contributed by atoms with Gasteiger partial charge in [0.05, 0.1) is 18.8 Å². The average molecular weight is 503 g/mol. The van der Waals surface area contributed by atoms with Crippen molar-refractivity contribution in [1.29, 1.82) is 0 Å². The van der Waals surface area contributed by atoms with E-state index in [0.29, 0.717) is 19.4 Å². The number of hydrogen-bond donors (Lipinski definition) is 10. The quantitative estimate of drug-likeness (QED) is 0.141. The number of amides is 3. The van der Waals surface area contributed by atoms with Crippen molar-refractivity contribution in [2.24, 2.45) is 22.2 Å². The number of ether oxygens (including phenoxy) is 2. The molecule has 0 aromatic heterocycles. The molecule has 16 heteroatoms. The standard InChI is InChI=1S/C19H34N8O8/c20-3-1-2-7(21)4-10(30)24-13-14(31)15(35-18(22)33)9(6-28)34-17(13)27-19-25-11-8(29)5-23-16(32)12(11)26-19/h7-9,11-15,17,28-29,31H,1-6,20-21H2,(H2,22,33)(H,23,32)(H,24,30)(H2,25,26,27)/t7?,8-,9-,11-,12+,13-,14+,15+,17-/m1/s1. The smallest absolute Gasteiger partial charge is 0.404 e. The second-order valence-electron chi connectivity index (χ2n) is 8.71. The van der Waals surface area contributed by atoms with E-state index in [0.717, 1.165) is 0 Å². The molecule has 0 aromatic rings. The molecule has 198 valence electrons. The molecule has 0 aromatic carbocycles. The van der Waals surface area contributed by atoms with Gasteiger partial charge in [0.2, 0.25) is 11.8 Å². The van der Waals surface area contributed by atoms with Crippen LogP contribution in [0.15, 0.2) is 4.99 Å². The highest BCUT2D eigenvalue weighted by Gasteiger charge is 2.49. The molecular formula is C19H34N8O8. The Bertz CT molecular complexity index is 816. The summed E-state index contributed by atoms with van der Waals surface area (Å²) in [6.07, 6.45) is -6.36. The third-order valence-corrected chi connectivity index (χ3v) is 6.06. The summed E-state index contributed by atoms with van der Waals surface area (Å²) in [5.41, 5.74) is 16.5. The maximum absolute atomic E-state index is 12.7. The molecule has 2 fully saturated rings. The second kappa shape index (κ2) is 11.8. The number of rotatable bonds is 9. The predicted octanol–water partition coefficient (Wildman–Crippen LogP) is -5.75. The fourth-order valence-electron chi connectivity index (χ4n) is 4.30. The van der Waals surface area contributed by atoms with Crippen LogP contribution < -0.4 is 38.5 Å². The van der Waals surface area contributed by atoms with E-state index >= 15 is 0 Å². The number of hydrogen-bond acceptors (Lipinski definition) is 13. The van der Waals surface area contributed by atoms with Crippen molar-refractivity contribution in [3.05, 3.63) is 0 Å². The number of fused-ring (bicyclic) bond motifs is 1. The van der Waals surface area contributed by atoms with Crippen LogP contribution in [0, 0.1) is 0 Å². The van der Waals surface area contributed by atoms with Gasteiger partial charge in [-0.1, -0.05) is 0 Å². The zero-order valence-corrected chi connectivity index (χ0v) is 19.0. The molecule has 13 N–H and O–H groups in total. The monoisotopic (exact) mass is 502 g/mol. The third kappa shape index (κ3) is 6.47. The number of piperidine rings is 1. The molecule has 0 saturated carbocycles. The normalized spacial score (nSPS) is 35.1. The number of nitrogens with one attached hydrogen (secondary N) is 4. The number of nitrogens with two attached hydrogens (primary N) is 3. The Morgan fingerprint density at radius 2 is 2.09 bits per heavy atom. The van der Waals surface area contributed by atoms with Crippen LogP contribution in [0.1, 0.15) is 19.3 Å². The number of aliphatic hydroxyl groups excluding tert-OH is 3. The molecule has 35 heavy (non-hydrogen) atoms. The molecule has 9 atom stereocenters. The first-order chi connectivity index (χ1) is 16.6. The Kier molecular flexibility index (Phi) is 9.03. The van der Waals surface area contributed by atoms with E-state index in [9.17, 15) is 29.7 Å². The summed E-state index contributed by atoms with van der Waals surface area (Å²) in [6, 6.07) is -3.27. The number of aliphatic imine (C=N–C) groups is 1. The number of primary amides is 1. The molecule has 2 saturated heterocycles. The maximum atomic E-state index is 12.7. The molecule has 3 heterocycles. The van der Waals surface area contributed by atoms with Crippen LogP contribution in [0.25, 0.3) is 0 Å². The SMILES string of the molecule is NCCCC(N)CC(=O)N[C@@H]1[C@H](O)[C@@H](OC(N)=O)[C@@H](CO)O[C@H]1NC1=N[C@@H]2C(=O)NC[C@@H](O)[C@H]2N1. The Morgan fingerprint density at radius 3 is 2.71 bits per heavy atom. The second-order valence-corrected chi connectivity index (χ2v) is 8.71. The van der Waals surface area contributed by atoms with Crippen LogP contribution in [0.5, 0.6) is 0 Å². The van der Waals surface area contributed by atoms with Gasteiger partial charge in [-0.25, -0.2) is 9.79 Å². The molecule has 0 spiro atoms. The Labute approximate surface area is 200 Å². The summed E-state index contributed by atoms with van der Waals surface area (Å²) in [5.74, 6) is -0.828. The maximum Gasteiger partial charge on any atom is 0.404 e. The molecule has 3 rings (SSSR count). The Morgan fingerprint density at radius 1 is 1.34 bits per heavy atom. The lowest BCUT2D eigenvalue weighted by molar-refractivity contribution is -0.198. The van der Waals surface area contributed by atoms with Gasteiger partial charge in [-0.2, -0.15) is 0 Å². The number of guanidine groups is 1. The Balaban J connectivity index is 1.77. The van der Waals surface area contributed by atoms with E-state index in [2.05, 4.69) is 26.3 Å². The van der Waals surface area contributed by atoms with Gasteiger partial charge in [-0.3, -0.25) is 9.59 Å². The minimum Gasteiger partial charge on any atom is -0.441 e. The van der Waals surface area contributed by atoms with E-state index < -0.39 is 73.4 Å². The number of carbonyl (C=O) groups is 3. The summed E-state index contributed by atoms with van der Waals surface area (Å²) in [7, 11) is 0. The van der Waals surface area contributed by atoms with Gasteiger partial charge in [0.1, 0.15) is 18.2 Å². The fourth-order valence-corrected chi connectivity index (χ4v) is 4.30. The van der Waals surface area contributed by atoms with Crippen LogP contribution in [-0.2, 0) is 19.1 Å². The van der Waals surface area contributed by atoms with Crippen LogP contribution in [0.3, 0.4) is 0 Å². The highest BCUT2D eigenvalue weighted by atomic mass is 16.6. The van der Waals surface area contributed by atoms with Gasteiger partial charge in [0, 0.05) is 19.0 Å². The van der Waals surface area contributed by atoms with Crippen LogP contribution in [0.4, 0.5) is 4.79 Å². The van der Waals surface area contributed by atoms with Crippen molar-refractivity contribution in [1.82, 2.24) is 21.3 Å². The zero-order chi connectivity index (χ0) is 25.7. The average Bonchev–Trinajstić information content (AvgIpc) is 3.24. The van der Waals surface area contributed by atoms with Crippen molar-refractivity contribution >= 4 is 23.9 Å². The zero-order valence-electron chi connectivity index (χ0n) is 19.0. The van der Waals surface area contributed by atoms with E-state index in [1.807, 2.05) is 0 Å². The summed E-state index contributed by atoms with van der Waals surface area (Å²) in [4.78, 5) is 40.3. The molecule has 0 aliphatic carbocycles. The van der Waals surface area contributed by atoms with Gasteiger partial charge >= 0.3 is 6.09 Å². The fraction of sp³-hybridized carbons (Fsp3) is 0.789. The number of β-amino-alcohol motifs (C(OH)–C–C–N with tert-alkyl or cyclic N) is 1. The van der Waals surface area contributed by atoms with Crippen LogP contribution >= 0.6 is 0 Å². The number of carbonyl (C=O) groups excluding carboxylic acids is 3. The van der Waals surface area contributed by atoms with Crippen molar-refractivity contribution in [2.45, 2.75) is 74.1 Å². The molecule has 3 aliphatic heterocycles. The first kappa shape index (κ1) is 26.8. The molecule has 0 radical (unpaired) electrons. The minimum absolute atomic E-state index is 0.0518. The summed E-state index contributed by atoms with van der Waals surface area (Å²) >= 11 is 0. The van der Waals surface area contributed by atoms with Crippen molar-refractivity contribution in [3.8, 4) is 0 Å². The topological polar surface area (TPSA) is 269 Å². The molecule has 16 nitrogen and oxygen atoms in total. The van der Waals surface area contributed by atoms with Crippen LogP contribution in [0.2, 0.25) is 0 Å². The number of nitrogens with zero attached hydrogens (tertiary/aromatic N) is 1. The molecule has 1 unspecified atom stereocenters. The highest BCUT2D eigenvalue weighted by Crippen LogP contribution is 2.24. The Hall–Kier alpha value is -2.76. The summed E-state index contributed by atoms with van der Waals surface area (Å²) in [6.45, 7) is -0.171. The van der Waals surface area contributed by atoms with Crippen molar-refractivity contribution < 1.29 is 39.2 Å². The van der Waals surface area contributed by atoms with Gasteiger partial charge in [-0.05, 0) is 19.4 Å². The minimum atomic E-state index is -1.55. The first-order valence-corrected chi connectivity index (χ1v) is 11.4.